The highest BCUT2D eigenvalue weighted by Gasteiger charge is 2.16. The molecule has 1 saturated heterocycles. The van der Waals surface area contributed by atoms with Crippen LogP contribution in [-0.2, 0) is 4.74 Å². The Bertz CT molecular complexity index is 784. The standard InChI is InChI=1S/C19H24ClN3O3/c1-13(2)26-16-7-5-15(6-8-16)23-19(24)18(20)17(11-22-23)21-10-14-4-3-9-25-12-14/h5-8,11,13-14,21H,3-4,9-10,12H2,1-2H3/t14-/m0/s1. The van der Waals surface area contributed by atoms with Gasteiger partial charge in [-0.05, 0) is 56.9 Å². The zero-order chi connectivity index (χ0) is 18.5. The quantitative estimate of drug-likeness (QED) is 0.834. The predicted octanol–water partition coefficient (Wildman–Crippen LogP) is 3.51. The number of halogens is 1. The first kappa shape index (κ1) is 18.7. The number of anilines is 1. The average Bonchev–Trinajstić information content (AvgIpc) is 2.64. The van der Waals surface area contributed by atoms with Crippen molar-refractivity contribution in [1.82, 2.24) is 9.78 Å². The number of aromatic nitrogens is 2. The van der Waals surface area contributed by atoms with Crippen LogP contribution in [0.25, 0.3) is 5.69 Å². The Labute approximate surface area is 158 Å². The van der Waals surface area contributed by atoms with Crippen molar-refractivity contribution in [2.45, 2.75) is 32.8 Å². The van der Waals surface area contributed by atoms with Crippen LogP contribution >= 0.6 is 11.6 Å². The van der Waals surface area contributed by atoms with Crippen LogP contribution in [0, 0.1) is 5.92 Å². The summed E-state index contributed by atoms with van der Waals surface area (Å²) in [5.41, 5.74) is 0.840. The minimum absolute atomic E-state index is 0.0936. The van der Waals surface area contributed by atoms with Gasteiger partial charge in [0, 0.05) is 13.2 Å². The van der Waals surface area contributed by atoms with Gasteiger partial charge in [-0.2, -0.15) is 9.78 Å². The normalized spacial score (nSPS) is 17.3. The van der Waals surface area contributed by atoms with Gasteiger partial charge >= 0.3 is 0 Å². The van der Waals surface area contributed by atoms with E-state index < -0.39 is 0 Å². The lowest BCUT2D eigenvalue weighted by atomic mass is 10.0. The van der Waals surface area contributed by atoms with Gasteiger partial charge in [0.15, 0.2) is 0 Å². The Morgan fingerprint density at radius 1 is 1.38 bits per heavy atom. The zero-order valence-corrected chi connectivity index (χ0v) is 15.8. The highest BCUT2D eigenvalue weighted by atomic mass is 35.5. The number of hydrogen-bond donors (Lipinski definition) is 1. The number of benzene rings is 1. The van der Waals surface area contributed by atoms with E-state index in [2.05, 4.69) is 10.4 Å². The second-order valence-electron chi connectivity index (χ2n) is 6.71. The van der Waals surface area contributed by atoms with E-state index in [0.717, 1.165) is 31.8 Å². The van der Waals surface area contributed by atoms with E-state index in [1.54, 1.807) is 18.3 Å². The summed E-state index contributed by atoms with van der Waals surface area (Å²) in [6.07, 6.45) is 3.86. The Morgan fingerprint density at radius 2 is 2.15 bits per heavy atom. The molecule has 3 rings (SSSR count). The largest absolute Gasteiger partial charge is 0.491 e. The minimum atomic E-state index is -0.353. The maximum absolute atomic E-state index is 12.6. The van der Waals surface area contributed by atoms with Gasteiger partial charge in [-0.25, -0.2) is 0 Å². The Hall–Kier alpha value is -2.05. The molecule has 26 heavy (non-hydrogen) atoms. The zero-order valence-electron chi connectivity index (χ0n) is 15.1. The van der Waals surface area contributed by atoms with Crippen molar-refractivity contribution in [3.8, 4) is 11.4 Å². The molecule has 1 atom stereocenters. The van der Waals surface area contributed by atoms with Gasteiger partial charge in [0.1, 0.15) is 10.8 Å². The molecule has 0 radical (unpaired) electrons. The van der Waals surface area contributed by atoms with E-state index in [4.69, 9.17) is 21.1 Å². The first-order chi connectivity index (χ1) is 12.5. The van der Waals surface area contributed by atoms with Crippen LogP contribution in [0.5, 0.6) is 5.75 Å². The molecule has 1 aromatic carbocycles. The summed E-state index contributed by atoms with van der Waals surface area (Å²) in [7, 11) is 0. The van der Waals surface area contributed by atoms with Crippen LogP contribution in [0.3, 0.4) is 0 Å². The molecular weight excluding hydrogens is 354 g/mol. The third-order valence-corrected chi connectivity index (χ3v) is 4.57. The molecule has 0 aliphatic carbocycles. The van der Waals surface area contributed by atoms with E-state index in [1.165, 1.54) is 4.68 Å². The monoisotopic (exact) mass is 377 g/mol. The van der Waals surface area contributed by atoms with Crippen molar-refractivity contribution in [1.29, 1.82) is 0 Å². The van der Waals surface area contributed by atoms with Crippen molar-refractivity contribution in [3.63, 3.8) is 0 Å². The fraction of sp³-hybridized carbons (Fsp3) is 0.474. The van der Waals surface area contributed by atoms with E-state index in [-0.39, 0.29) is 16.7 Å². The van der Waals surface area contributed by atoms with Crippen LogP contribution in [0.1, 0.15) is 26.7 Å². The van der Waals surface area contributed by atoms with Crippen molar-refractivity contribution in [2.75, 3.05) is 25.1 Å². The third kappa shape index (κ3) is 4.56. The minimum Gasteiger partial charge on any atom is -0.491 e. The van der Waals surface area contributed by atoms with Crippen molar-refractivity contribution in [2.24, 2.45) is 5.92 Å². The topological polar surface area (TPSA) is 65.4 Å². The van der Waals surface area contributed by atoms with Gasteiger partial charge in [-0.15, -0.1) is 0 Å². The second kappa shape index (κ2) is 8.56. The maximum atomic E-state index is 12.6. The molecule has 1 N–H and O–H groups in total. The molecule has 6 nitrogen and oxygen atoms in total. The number of nitrogens with one attached hydrogen (secondary N) is 1. The molecule has 140 valence electrons. The summed E-state index contributed by atoms with van der Waals surface area (Å²) in [5, 5.41) is 7.61. The Kier molecular flexibility index (Phi) is 6.16. The van der Waals surface area contributed by atoms with Crippen molar-refractivity contribution < 1.29 is 9.47 Å². The summed E-state index contributed by atoms with van der Waals surface area (Å²) in [6, 6.07) is 7.20. The lowest BCUT2D eigenvalue weighted by Crippen LogP contribution is -2.26. The molecule has 0 amide bonds. The highest BCUT2D eigenvalue weighted by Crippen LogP contribution is 2.20. The molecule has 1 fully saturated rings. The van der Waals surface area contributed by atoms with E-state index in [1.807, 2.05) is 26.0 Å². The Balaban J connectivity index is 1.73. The number of nitrogens with zero attached hydrogens (tertiary/aromatic N) is 2. The molecule has 0 spiro atoms. The molecule has 1 aliphatic rings. The third-order valence-electron chi connectivity index (χ3n) is 4.21. The first-order valence-corrected chi connectivity index (χ1v) is 9.29. The van der Waals surface area contributed by atoms with Crippen LogP contribution in [0.2, 0.25) is 5.02 Å². The van der Waals surface area contributed by atoms with Crippen molar-refractivity contribution >= 4 is 17.3 Å². The van der Waals surface area contributed by atoms with Crippen LogP contribution in [-0.4, -0.2) is 35.6 Å². The highest BCUT2D eigenvalue weighted by molar-refractivity contribution is 6.32. The van der Waals surface area contributed by atoms with Gasteiger partial charge in [-0.1, -0.05) is 11.6 Å². The summed E-state index contributed by atoms with van der Waals surface area (Å²) in [6.45, 7) is 6.21. The molecule has 2 aromatic rings. The van der Waals surface area contributed by atoms with Crippen LogP contribution in [0.4, 0.5) is 5.69 Å². The lowest BCUT2D eigenvalue weighted by molar-refractivity contribution is 0.0595. The van der Waals surface area contributed by atoms with Crippen LogP contribution in [0.15, 0.2) is 35.3 Å². The SMILES string of the molecule is CC(C)Oc1ccc(-n2ncc(NC[C@@H]3CCCOC3)c(Cl)c2=O)cc1. The van der Waals surface area contributed by atoms with E-state index >= 15 is 0 Å². The maximum Gasteiger partial charge on any atom is 0.292 e. The fourth-order valence-corrected chi connectivity index (χ4v) is 3.10. The molecule has 1 aromatic heterocycles. The van der Waals surface area contributed by atoms with Gasteiger partial charge in [0.05, 0.1) is 30.3 Å². The molecule has 1 aliphatic heterocycles. The predicted molar refractivity (Wildman–Crippen MR) is 103 cm³/mol. The van der Waals surface area contributed by atoms with Gasteiger partial charge in [0.2, 0.25) is 0 Å². The number of ether oxygens (including phenoxy) is 2. The fourth-order valence-electron chi connectivity index (χ4n) is 2.90. The molecule has 7 heteroatoms. The number of hydrogen-bond acceptors (Lipinski definition) is 5. The first-order valence-electron chi connectivity index (χ1n) is 8.91. The molecular formula is C19H24ClN3O3. The number of rotatable bonds is 6. The second-order valence-corrected chi connectivity index (χ2v) is 7.09. The van der Waals surface area contributed by atoms with Gasteiger partial charge < -0.3 is 14.8 Å². The Morgan fingerprint density at radius 3 is 2.81 bits per heavy atom. The van der Waals surface area contributed by atoms with E-state index in [0.29, 0.717) is 23.8 Å². The van der Waals surface area contributed by atoms with E-state index in [9.17, 15) is 4.79 Å². The summed E-state index contributed by atoms with van der Waals surface area (Å²) < 4.78 is 12.4. The molecule has 2 heterocycles. The summed E-state index contributed by atoms with van der Waals surface area (Å²) in [4.78, 5) is 12.6. The van der Waals surface area contributed by atoms with Gasteiger partial charge in [0.25, 0.3) is 5.56 Å². The average molecular weight is 378 g/mol. The summed E-state index contributed by atoms with van der Waals surface area (Å²) >= 11 is 6.27. The lowest BCUT2D eigenvalue weighted by Gasteiger charge is -2.22. The molecule has 0 saturated carbocycles. The van der Waals surface area contributed by atoms with Gasteiger partial charge in [-0.3, -0.25) is 4.79 Å². The molecule has 0 bridgehead atoms. The van der Waals surface area contributed by atoms with Crippen molar-refractivity contribution in [3.05, 3.63) is 45.8 Å². The summed E-state index contributed by atoms with van der Waals surface area (Å²) in [5.74, 6) is 1.17. The van der Waals surface area contributed by atoms with Crippen LogP contribution < -0.4 is 15.6 Å². The smallest absolute Gasteiger partial charge is 0.292 e. The molecule has 0 unspecified atom stereocenters.